The van der Waals surface area contributed by atoms with E-state index in [1.165, 1.54) is 10.9 Å². The van der Waals surface area contributed by atoms with E-state index in [9.17, 15) is 0 Å². The molecule has 3 rings (SSSR count). The molecule has 3 heteroatoms. The smallest absolute Gasteiger partial charge is 0.144 e. The lowest BCUT2D eigenvalue weighted by Crippen LogP contribution is -2.16. The Hall–Kier alpha value is -2.26. The number of ether oxygens (including phenoxy) is 1. The third-order valence-corrected chi connectivity index (χ3v) is 3.65. The second-order valence-corrected chi connectivity index (χ2v) is 5.11. The molecule has 0 aliphatic rings. The topological polar surface area (TPSA) is 37.0 Å². The van der Waals surface area contributed by atoms with Gasteiger partial charge in [-0.05, 0) is 31.3 Å². The monoisotopic (exact) mass is 280 g/mol. The van der Waals surface area contributed by atoms with E-state index >= 15 is 0 Å². The molecular weight excluding hydrogens is 260 g/mol. The van der Waals surface area contributed by atoms with Crippen LogP contribution in [0.3, 0.4) is 0 Å². The second kappa shape index (κ2) is 6.46. The van der Waals surface area contributed by atoms with Gasteiger partial charge in [-0.15, -0.1) is 0 Å². The normalized spacial score (nSPS) is 12.4. The van der Waals surface area contributed by atoms with Gasteiger partial charge >= 0.3 is 0 Å². The summed E-state index contributed by atoms with van der Waals surface area (Å²) < 4.78 is 6.30. The maximum atomic E-state index is 6.30. The predicted octanol–water partition coefficient (Wildman–Crippen LogP) is 3.90. The molecule has 1 aromatic heterocycles. The number of fused-ring (bicyclic) bond motifs is 1. The number of nitrogens with one attached hydrogen (secondary N) is 2. The van der Waals surface area contributed by atoms with Gasteiger partial charge in [0, 0.05) is 18.0 Å². The maximum absolute atomic E-state index is 6.30. The molecule has 1 atom stereocenters. The fourth-order valence-corrected chi connectivity index (χ4v) is 2.54. The first-order valence-corrected chi connectivity index (χ1v) is 7.31. The van der Waals surface area contributed by atoms with Crippen molar-refractivity contribution in [1.82, 2.24) is 10.3 Å². The van der Waals surface area contributed by atoms with Crippen LogP contribution in [-0.2, 0) is 0 Å². The predicted molar refractivity (Wildman–Crippen MR) is 86.7 cm³/mol. The summed E-state index contributed by atoms with van der Waals surface area (Å²) in [6.45, 7) is 0.917. The Morgan fingerprint density at radius 2 is 1.90 bits per heavy atom. The standard InChI is InChI=1S/C18H20N2O/c1-19-12-11-16(14-6-3-2-4-7-14)21-17-9-5-8-15-10-13-20-18(15)17/h2-10,13,16,19-20H,11-12H2,1H3/t16-/m0/s1. The molecule has 0 aliphatic carbocycles. The molecule has 108 valence electrons. The summed E-state index contributed by atoms with van der Waals surface area (Å²) in [5, 5.41) is 4.37. The number of hydrogen-bond acceptors (Lipinski definition) is 2. The van der Waals surface area contributed by atoms with Gasteiger partial charge in [0.25, 0.3) is 0 Å². The number of hydrogen-bond donors (Lipinski definition) is 2. The summed E-state index contributed by atoms with van der Waals surface area (Å²) in [7, 11) is 1.97. The van der Waals surface area contributed by atoms with Crippen molar-refractivity contribution < 1.29 is 4.74 Å². The largest absolute Gasteiger partial charge is 0.483 e. The van der Waals surface area contributed by atoms with Gasteiger partial charge in [0.2, 0.25) is 0 Å². The van der Waals surface area contributed by atoms with Crippen LogP contribution in [0.4, 0.5) is 0 Å². The van der Waals surface area contributed by atoms with Gasteiger partial charge in [0.15, 0.2) is 0 Å². The fourth-order valence-electron chi connectivity index (χ4n) is 2.54. The van der Waals surface area contributed by atoms with Crippen molar-refractivity contribution in [2.24, 2.45) is 0 Å². The first-order chi connectivity index (χ1) is 10.4. The summed E-state index contributed by atoms with van der Waals surface area (Å²) in [5.41, 5.74) is 2.26. The van der Waals surface area contributed by atoms with Crippen molar-refractivity contribution in [3.05, 3.63) is 66.4 Å². The summed E-state index contributed by atoms with van der Waals surface area (Å²) in [5.74, 6) is 0.905. The van der Waals surface area contributed by atoms with Crippen LogP contribution in [0.2, 0.25) is 0 Å². The molecule has 21 heavy (non-hydrogen) atoms. The minimum atomic E-state index is 0.0487. The molecule has 3 aromatic rings. The molecule has 0 aliphatic heterocycles. The molecule has 0 amide bonds. The highest BCUT2D eigenvalue weighted by molar-refractivity contribution is 5.85. The van der Waals surface area contributed by atoms with Crippen LogP contribution in [-0.4, -0.2) is 18.6 Å². The lowest BCUT2D eigenvalue weighted by atomic mass is 10.1. The SMILES string of the molecule is CNCC[C@H](Oc1cccc2cc[nH]c12)c1ccccc1. The zero-order valence-electron chi connectivity index (χ0n) is 12.2. The quantitative estimate of drug-likeness (QED) is 0.718. The third-order valence-electron chi connectivity index (χ3n) is 3.65. The van der Waals surface area contributed by atoms with E-state index in [1.807, 2.05) is 31.4 Å². The van der Waals surface area contributed by atoms with Crippen LogP contribution in [0.1, 0.15) is 18.1 Å². The number of aromatic nitrogens is 1. The molecule has 0 spiro atoms. The van der Waals surface area contributed by atoms with Crippen molar-refractivity contribution in [3.8, 4) is 5.75 Å². The lowest BCUT2D eigenvalue weighted by Gasteiger charge is -2.20. The Balaban J connectivity index is 1.89. The van der Waals surface area contributed by atoms with Gasteiger partial charge in [0.1, 0.15) is 11.9 Å². The van der Waals surface area contributed by atoms with Crippen LogP contribution >= 0.6 is 0 Å². The molecule has 0 radical (unpaired) electrons. The van der Waals surface area contributed by atoms with Crippen LogP contribution in [0, 0.1) is 0 Å². The Kier molecular flexibility index (Phi) is 4.22. The molecule has 1 heterocycles. The second-order valence-electron chi connectivity index (χ2n) is 5.11. The first kappa shape index (κ1) is 13.7. The number of H-pyrrole nitrogens is 1. The van der Waals surface area contributed by atoms with Crippen molar-refractivity contribution in [1.29, 1.82) is 0 Å². The molecule has 0 saturated carbocycles. The molecule has 3 nitrogen and oxygen atoms in total. The summed E-state index contributed by atoms with van der Waals surface area (Å²) in [6, 6.07) is 18.6. The van der Waals surface area contributed by atoms with E-state index < -0.39 is 0 Å². The third kappa shape index (κ3) is 3.09. The van der Waals surface area contributed by atoms with Crippen LogP contribution in [0.25, 0.3) is 10.9 Å². The highest BCUT2D eigenvalue weighted by Crippen LogP contribution is 2.30. The number of rotatable bonds is 6. The highest BCUT2D eigenvalue weighted by Gasteiger charge is 2.14. The van der Waals surface area contributed by atoms with E-state index in [-0.39, 0.29) is 6.10 Å². The molecule has 0 bridgehead atoms. The Morgan fingerprint density at radius 3 is 2.71 bits per heavy atom. The van der Waals surface area contributed by atoms with E-state index in [1.54, 1.807) is 0 Å². The number of para-hydroxylation sites is 1. The van der Waals surface area contributed by atoms with Crippen molar-refractivity contribution in [2.45, 2.75) is 12.5 Å². The molecule has 2 aromatic carbocycles. The molecule has 0 fully saturated rings. The van der Waals surface area contributed by atoms with Gasteiger partial charge < -0.3 is 15.0 Å². The number of aromatic amines is 1. The van der Waals surface area contributed by atoms with Crippen LogP contribution in [0.5, 0.6) is 5.75 Å². The minimum Gasteiger partial charge on any atom is -0.483 e. The van der Waals surface area contributed by atoms with Gasteiger partial charge in [-0.25, -0.2) is 0 Å². The zero-order valence-corrected chi connectivity index (χ0v) is 12.2. The maximum Gasteiger partial charge on any atom is 0.144 e. The van der Waals surface area contributed by atoms with E-state index in [4.69, 9.17) is 4.74 Å². The summed E-state index contributed by atoms with van der Waals surface area (Å²) in [4.78, 5) is 3.26. The first-order valence-electron chi connectivity index (χ1n) is 7.31. The van der Waals surface area contributed by atoms with E-state index in [0.717, 1.165) is 24.2 Å². The average molecular weight is 280 g/mol. The van der Waals surface area contributed by atoms with Crippen molar-refractivity contribution in [2.75, 3.05) is 13.6 Å². The fraction of sp³-hybridized carbons (Fsp3) is 0.222. The van der Waals surface area contributed by atoms with Gasteiger partial charge in [0.05, 0.1) is 5.52 Å². The van der Waals surface area contributed by atoms with E-state index in [0.29, 0.717) is 0 Å². The summed E-state index contributed by atoms with van der Waals surface area (Å²) >= 11 is 0. The minimum absolute atomic E-state index is 0.0487. The highest BCUT2D eigenvalue weighted by atomic mass is 16.5. The Morgan fingerprint density at radius 1 is 1.05 bits per heavy atom. The van der Waals surface area contributed by atoms with Crippen LogP contribution < -0.4 is 10.1 Å². The Bertz CT molecular complexity index is 691. The Labute approximate surface area is 125 Å². The summed E-state index contributed by atoms with van der Waals surface area (Å²) in [6.07, 6.45) is 2.92. The van der Waals surface area contributed by atoms with Gasteiger partial charge in [-0.2, -0.15) is 0 Å². The molecular formula is C18H20N2O. The number of benzene rings is 2. The van der Waals surface area contributed by atoms with Crippen molar-refractivity contribution in [3.63, 3.8) is 0 Å². The zero-order chi connectivity index (χ0) is 14.5. The molecule has 0 unspecified atom stereocenters. The van der Waals surface area contributed by atoms with Gasteiger partial charge in [-0.3, -0.25) is 0 Å². The molecule has 0 saturated heterocycles. The van der Waals surface area contributed by atoms with E-state index in [2.05, 4.69) is 46.7 Å². The van der Waals surface area contributed by atoms with Gasteiger partial charge in [-0.1, -0.05) is 42.5 Å². The molecule has 2 N–H and O–H groups in total. The van der Waals surface area contributed by atoms with Crippen molar-refractivity contribution >= 4 is 10.9 Å². The lowest BCUT2D eigenvalue weighted by molar-refractivity contribution is 0.197. The average Bonchev–Trinajstić information content (AvgIpc) is 3.01. The van der Waals surface area contributed by atoms with Crippen LogP contribution in [0.15, 0.2) is 60.8 Å².